The number of fused-ring (bicyclic) bond motifs is 2. The van der Waals surface area contributed by atoms with E-state index < -0.39 is 0 Å². The first-order valence-corrected chi connectivity index (χ1v) is 11.2. The maximum absolute atomic E-state index is 13.4. The first-order valence-electron chi connectivity index (χ1n) is 11.2. The largest absolute Gasteiger partial charge is 0.454 e. The van der Waals surface area contributed by atoms with Crippen molar-refractivity contribution in [1.82, 2.24) is 0 Å². The van der Waals surface area contributed by atoms with E-state index in [9.17, 15) is 9.90 Å². The van der Waals surface area contributed by atoms with Crippen molar-refractivity contribution in [2.45, 2.75) is 57.8 Å². The number of carbonyl (C=O) groups excluding carboxylic acids is 1. The van der Waals surface area contributed by atoms with Crippen molar-refractivity contribution >= 4 is 11.9 Å². The first-order chi connectivity index (χ1) is 14.8. The van der Waals surface area contributed by atoms with Crippen LogP contribution in [0.15, 0.2) is 42.0 Å². The Bertz CT molecular complexity index is 1080. The van der Waals surface area contributed by atoms with Crippen LogP contribution in [0.5, 0.6) is 11.5 Å². The number of aliphatic hydroxyl groups excluding tert-OH is 1. The van der Waals surface area contributed by atoms with E-state index in [-0.39, 0.29) is 37.4 Å². The molecule has 3 aliphatic rings. The highest BCUT2D eigenvalue weighted by molar-refractivity contribution is 5.95. The summed E-state index contributed by atoms with van der Waals surface area (Å²) in [6, 6.07) is 12.3. The van der Waals surface area contributed by atoms with Gasteiger partial charge in [-0.2, -0.15) is 0 Å². The molecule has 0 radical (unpaired) electrons. The van der Waals surface area contributed by atoms with E-state index in [1.54, 1.807) is 0 Å². The Kier molecular flexibility index (Phi) is 4.74. The predicted molar refractivity (Wildman–Crippen MR) is 123 cm³/mol. The second kappa shape index (κ2) is 7.23. The number of Topliss-reactive ketones (excluding diaryl/α,β-unsaturated/α-hetero) is 1. The number of carbonyl (C=O) groups is 1. The fraction of sp³-hybridized carbons (Fsp3) is 0.444. The summed E-state index contributed by atoms with van der Waals surface area (Å²) in [5.74, 6) is 1.98. The Balaban J connectivity index is 0.00000245. The van der Waals surface area contributed by atoms with E-state index in [1.807, 2.05) is 18.2 Å². The standard InChI is InChI=1S/C27H30O4.H2/c1-26(2,3)22-14-18-5-4-17(12-21(18)20(22)8-11-28)13-25(29)27(9-10-27)19-6-7-23-24(15-19)31-16-30-23;/h4-7,12,14-15,20,28H,8-11,13,16H2,1-3H3;1H. The Morgan fingerprint density at radius 2 is 1.90 bits per heavy atom. The summed E-state index contributed by atoms with van der Waals surface area (Å²) in [4.78, 5) is 13.4. The third-order valence-electron chi connectivity index (χ3n) is 7.07. The molecule has 1 saturated carbocycles. The third-order valence-corrected chi connectivity index (χ3v) is 7.07. The number of ether oxygens (including phenoxy) is 2. The molecule has 164 valence electrons. The van der Waals surface area contributed by atoms with Crippen LogP contribution in [-0.2, 0) is 16.6 Å². The minimum atomic E-state index is -0.390. The van der Waals surface area contributed by atoms with Crippen LogP contribution in [-0.4, -0.2) is 24.3 Å². The average molecular weight is 421 g/mol. The Labute approximate surface area is 185 Å². The quantitative estimate of drug-likeness (QED) is 0.678. The van der Waals surface area contributed by atoms with Crippen molar-refractivity contribution in [2.24, 2.45) is 5.41 Å². The van der Waals surface area contributed by atoms with Crippen LogP contribution in [0.1, 0.15) is 69.6 Å². The molecule has 0 amide bonds. The molecule has 1 atom stereocenters. The van der Waals surface area contributed by atoms with Crippen LogP contribution in [0, 0.1) is 5.41 Å². The molecule has 4 nitrogen and oxygen atoms in total. The summed E-state index contributed by atoms with van der Waals surface area (Å²) >= 11 is 0. The van der Waals surface area contributed by atoms with Crippen molar-refractivity contribution in [3.05, 3.63) is 64.2 Å². The van der Waals surface area contributed by atoms with E-state index in [0.717, 1.165) is 35.5 Å². The highest BCUT2D eigenvalue weighted by Crippen LogP contribution is 2.52. The van der Waals surface area contributed by atoms with Gasteiger partial charge in [-0.15, -0.1) is 0 Å². The lowest BCUT2D eigenvalue weighted by atomic mass is 9.77. The molecular formula is C27H32O4. The summed E-state index contributed by atoms with van der Waals surface area (Å²) < 4.78 is 10.9. The number of ketones is 1. The van der Waals surface area contributed by atoms with Crippen LogP contribution in [0.4, 0.5) is 0 Å². The molecule has 2 aromatic rings. The summed E-state index contributed by atoms with van der Waals surface area (Å²) in [7, 11) is 0. The number of allylic oxidation sites excluding steroid dienone is 1. The van der Waals surface area contributed by atoms with E-state index in [1.165, 1.54) is 16.7 Å². The predicted octanol–water partition coefficient (Wildman–Crippen LogP) is 5.41. The molecule has 2 aromatic carbocycles. The van der Waals surface area contributed by atoms with Crippen molar-refractivity contribution in [2.75, 3.05) is 13.4 Å². The molecule has 0 bridgehead atoms. The van der Waals surface area contributed by atoms with Gasteiger partial charge in [0.25, 0.3) is 0 Å². The number of benzene rings is 2. The van der Waals surface area contributed by atoms with E-state index in [0.29, 0.717) is 12.8 Å². The fourth-order valence-electron chi connectivity index (χ4n) is 5.18. The summed E-state index contributed by atoms with van der Waals surface area (Å²) in [6.07, 6.45) is 5.20. The summed E-state index contributed by atoms with van der Waals surface area (Å²) in [6.45, 7) is 7.08. The van der Waals surface area contributed by atoms with Gasteiger partial charge in [-0.05, 0) is 59.1 Å². The van der Waals surface area contributed by atoms with Crippen LogP contribution < -0.4 is 9.47 Å². The van der Waals surface area contributed by atoms with Gasteiger partial charge in [0, 0.05) is 20.4 Å². The van der Waals surface area contributed by atoms with Crippen molar-refractivity contribution in [3.8, 4) is 11.5 Å². The lowest BCUT2D eigenvalue weighted by Crippen LogP contribution is -2.22. The number of rotatable bonds is 6. The average Bonchev–Trinajstić information content (AvgIpc) is 3.27. The summed E-state index contributed by atoms with van der Waals surface area (Å²) in [5, 5.41) is 9.66. The number of hydrogen-bond donors (Lipinski definition) is 1. The SMILES string of the molecule is CC(C)(C)C1=Cc2ccc(CC(=O)C3(c4ccc5c(c4)OCO5)CC3)cc2C1CCO.[HH]. The zero-order valence-corrected chi connectivity index (χ0v) is 18.5. The highest BCUT2D eigenvalue weighted by atomic mass is 16.7. The minimum absolute atomic E-state index is 0. The maximum Gasteiger partial charge on any atom is 0.231 e. The topological polar surface area (TPSA) is 55.8 Å². The van der Waals surface area contributed by atoms with Gasteiger partial charge in [-0.1, -0.05) is 56.7 Å². The monoisotopic (exact) mass is 420 g/mol. The zero-order valence-electron chi connectivity index (χ0n) is 18.5. The van der Waals surface area contributed by atoms with Crippen molar-refractivity contribution in [3.63, 3.8) is 0 Å². The number of aliphatic hydroxyl groups is 1. The molecule has 0 saturated heterocycles. The smallest absolute Gasteiger partial charge is 0.231 e. The molecule has 1 fully saturated rings. The molecular weight excluding hydrogens is 388 g/mol. The molecule has 1 heterocycles. The molecule has 1 N–H and O–H groups in total. The summed E-state index contributed by atoms with van der Waals surface area (Å²) in [5.41, 5.74) is 5.58. The van der Waals surface area contributed by atoms with Crippen LogP contribution in [0.2, 0.25) is 0 Å². The lowest BCUT2D eigenvalue weighted by Gasteiger charge is -2.27. The Hall–Kier alpha value is -2.59. The Morgan fingerprint density at radius 3 is 2.61 bits per heavy atom. The molecule has 31 heavy (non-hydrogen) atoms. The highest BCUT2D eigenvalue weighted by Gasteiger charge is 2.50. The van der Waals surface area contributed by atoms with Crippen LogP contribution >= 0.6 is 0 Å². The van der Waals surface area contributed by atoms with Gasteiger partial charge in [0.15, 0.2) is 11.5 Å². The van der Waals surface area contributed by atoms with Gasteiger partial charge in [0.1, 0.15) is 5.78 Å². The molecule has 1 aliphatic heterocycles. The molecule has 1 unspecified atom stereocenters. The first kappa shape index (κ1) is 20.3. The van der Waals surface area contributed by atoms with Gasteiger partial charge < -0.3 is 14.6 Å². The van der Waals surface area contributed by atoms with Crippen LogP contribution in [0.3, 0.4) is 0 Å². The van der Waals surface area contributed by atoms with Gasteiger partial charge in [-0.25, -0.2) is 0 Å². The maximum atomic E-state index is 13.4. The zero-order chi connectivity index (χ0) is 21.8. The molecule has 0 spiro atoms. The number of hydrogen-bond acceptors (Lipinski definition) is 4. The van der Waals surface area contributed by atoms with E-state index in [2.05, 4.69) is 45.0 Å². The lowest BCUT2D eigenvalue weighted by molar-refractivity contribution is -0.120. The molecule has 5 rings (SSSR count). The van der Waals surface area contributed by atoms with Gasteiger partial charge in [0.2, 0.25) is 6.79 Å². The molecule has 0 aromatic heterocycles. The second-order valence-electron chi connectivity index (χ2n) is 10.1. The third kappa shape index (κ3) is 3.47. The van der Waals surface area contributed by atoms with Crippen molar-refractivity contribution < 1.29 is 20.8 Å². The van der Waals surface area contributed by atoms with Gasteiger partial charge in [-0.3, -0.25) is 4.79 Å². The Morgan fingerprint density at radius 1 is 1.13 bits per heavy atom. The second-order valence-corrected chi connectivity index (χ2v) is 10.1. The molecule has 2 aliphatic carbocycles. The van der Waals surface area contributed by atoms with Crippen LogP contribution in [0.25, 0.3) is 6.08 Å². The fourth-order valence-corrected chi connectivity index (χ4v) is 5.18. The van der Waals surface area contributed by atoms with Crippen molar-refractivity contribution in [1.29, 1.82) is 0 Å². The van der Waals surface area contributed by atoms with E-state index >= 15 is 0 Å². The van der Waals surface area contributed by atoms with Gasteiger partial charge in [0.05, 0.1) is 5.41 Å². The van der Waals surface area contributed by atoms with E-state index in [4.69, 9.17) is 9.47 Å². The van der Waals surface area contributed by atoms with Gasteiger partial charge >= 0.3 is 0 Å². The minimum Gasteiger partial charge on any atom is -0.454 e. The molecule has 4 heteroatoms. The normalized spacial score (nSPS) is 20.4.